The van der Waals surface area contributed by atoms with Gasteiger partial charge in [0.25, 0.3) is 0 Å². The SMILES string of the molecule is Cc1cccc(N2CCN(CCCOc3cc(O)c4c(c3)OC(C)(C)CC4=O)CC2)c1C.Cl. The molecule has 1 saturated heterocycles. The summed E-state index contributed by atoms with van der Waals surface area (Å²) in [5, 5.41) is 10.3. The molecule has 0 bridgehead atoms. The Bertz CT molecular complexity index is 1000. The minimum atomic E-state index is -0.575. The molecule has 1 N–H and O–H groups in total. The van der Waals surface area contributed by atoms with Gasteiger partial charge in [0.05, 0.1) is 13.0 Å². The maximum Gasteiger partial charge on any atom is 0.174 e. The van der Waals surface area contributed by atoms with Crippen molar-refractivity contribution in [3.8, 4) is 17.2 Å². The summed E-state index contributed by atoms with van der Waals surface area (Å²) < 4.78 is 11.8. The van der Waals surface area contributed by atoms with Crippen molar-refractivity contribution >= 4 is 23.9 Å². The zero-order chi connectivity index (χ0) is 22.9. The number of benzene rings is 2. The van der Waals surface area contributed by atoms with Gasteiger partial charge < -0.3 is 19.5 Å². The number of ether oxygens (including phenoxy) is 2. The number of ketones is 1. The molecule has 0 atom stereocenters. The lowest BCUT2D eigenvalue weighted by molar-refractivity contribution is 0.0612. The number of carbonyl (C=O) groups excluding carboxylic acids is 1. The van der Waals surface area contributed by atoms with Crippen LogP contribution in [0.2, 0.25) is 0 Å². The topological polar surface area (TPSA) is 62.2 Å². The maximum atomic E-state index is 12.3. The number of hydrogen-bond acceptors (Lipinski definition) is 6. The van der Waals surface area contributed by atoms with Gasteiger partial charge in [0.1, 0.15) is 28.4 Å². The summed E-state index contributed by atoms with van der Waals surface area (Å²) >= 11 is 0. The molecule has 0 unspecified atom stereocenters. The third kappa shape index (κ3) is 5.74. The highest BCUT2D eigenvalue weighted by molar-refractivity contribution is 6.03. The lowest BCUT2D eigenvalue weighted by Gasteiger charge is -2.37. The Labute approximate surface area is 202 Å². The fraction of sp³-hybridized carbons (Fsp3) is 0.500. The van der Waals surface area contributed by atoms with E-state index in [0.29, 0.717) is 18.1 Å². The molecule has 2 aliphatic rings. The molecule has 0 aliphatic carbocycles. The van der Waals surface area contributed by atoms with E-state index < -0.39 is 5.60 Å². The largest absolute Gasteiger partial charge is 0.507 e. The van der Waals surface area contributed by atoms with E-state index in [0.717, 1.165) is 39.1 Å². The van der Waals surface area contributed by atoms with Crippen LogP contribution in [0.25, 0.3) is 0 Å². The molecule has 0 saturated carbocycles. The van der Waals surface area contributed by atoms with E-state index in [-0.39, 0.29) is 35.9 Å². The Morgan fingerprint density at radius 1 is 1.12 bits per heavy atom. The van der Waals surface area contributed by atoms with E-state index in [1.165, 1.54) is 22.9 Å². The molecule has 2 aromatic carbocycles. The maximum absolute atomic E-state index is 12.3. The monoisotopic (exact) mass is 474 g/mol. The van der Waals surface area contributed by atoms with Gasteiger partial charge in [-0.2, -0.15) is 0 Å². The van der Waals surface area contributed by atoms with Crippen molar-refractivity contribution in [2.75, 3.05) is 44.2 Å². The third-order valence-electron chi connectivity index (χ3n) is 6.48. The summed E-state index contributed by atoms with van der Waals surface area (Å²) in [6.45, 7) is 13.8. The van der Waals surface area contributed by atoms with Crippen molar-refractivity contribution in [2.24, 2.45) is 0 Å². The number of phenols is 1. The molecule has 33 heavy (non-hydrogen) atoms. The number of anilines is 1. The van der Waals surface area contributed by atoms with Gasteiger partial charge in [-0.15, -0.1) is 12.4 Å². The standard InChI is InChI=1S/C26H34N2O4.ClH/c1-18-7-5-8-21(19(18)2)28-12-10-27(11-13-28)9-6-14-31-20-15-22(29)25-23(30)17-26(3,4)32-24(25)16-20;/h5,7-8,15-16,29H,6,9-14,17H2,1-4H3;1H. The molecular formula is C26H35ClN2O4. The van der Waals surface area contributed by atoms with Crippen molar-refractivity contribution in [1.82, 2.24) is 4.90 Å². The smallest absolute Gasteiger partial charge is 0.174 e. The van der Waals surface area contributed by atoms with E-state index in [1.54, 1.807) is 6.07 Å². The molecule has 2 aliphatic heterocycles. The molecule has 0 radical (unpaired) electrons. The summed E-state index contributed by atoms with van der Waals surface area (Å²) in [6, 6.07) is 9.76. The molecule has 7 heteroatoms. The average Bonchev–Trinajstić information content (AvgIpc) is 2.72. The molecule has 2 aromatic rings. The zero-order valence-electron chi connectivity index (χ0n) is 20.0. The number of rotatable bonds is 6. The number of halogens is 1. The number of carbonyl (C=O) groups is 1. The second kappa shape index (κ2) is 10.2. The highest BCUT2D eigenvalue weighted by Gasteiger charge is 2.35. The van der Waals surface area contributed by atoms with E-state index in [1.807, 2.05) is 13.8 Å². The Morgan fingerprint density at radius 2 is 1.85 bits per heavy atom. The lowest BCUT2D eigenvalue weighted by atomic mass is 9.92. The third-order valence-corrected chi connectivity index (χ3v) is 6.48. The number of hydrogen-bond donors (Lipinski definition) is 1. The van der Waals surface area contributed by atoms with Gasteiger partial charge in [0.2, 0.25) is 0 Å². The van der Waals surface area contributed by atoms with Crippen molar-refractivity contribution < 1.29 is 19.4 Å². The van der Waals surface area contributed by atoms with Crippen molar-refractivity contribution in [3.05, 3.63) is 47.0 Å². The summed E-state index contributed by atoms with van der Waals surface area (Å²) in [7, 11) is 0. The number of phenolic OH excluding ortho intramolecular Hbond substituents is 1. The highest BCUT2D eigenvalue weighted by atomic mass is 35.5. The Hall–Kier alpha value is -2.44. The molecule has 180 valence electrons. The van der Waals surface area contributed by atoms with Crippen LogP contribution >= 0.6 is 12.4 Å². The van der Waals surface area contributed by atoms with Gasteiger partial charge in [-0.3, -0.25) is 9.69 Å². The summed E-state index contributed by atoms with van der Waals surface area (Å²) in [5.74, 6) is 0.774. The van der Waals surface area contributed by atoms with Crippen LogP contribution in [-0.4, -0.2) is 60.7 Å². The fourth-order valence-electron chi connectivity index (χ4n) is 4.60. The van der Waals surface area contributed by atoms with Crippen LogP contribution in [0.1, 0.15) is 48.2 Å². The van der Waals surface area contributed by atoms with Crippen LogP contribution in [0.5, 0.6) is 17.2 Å². The van der Waals surface area contributed by atoms with Crippen molar-refractivity contribution in [3.63, 3.8) is 0 Å². The second-order valence-corrected chi connectivity index (χ2v) is 9.53. The number of Topliss-reactive ketones (excluding diaryl/α,β-unsaturated/α-hetero) is 1. The second-order valence-electron chi connectivity index (χ2n) is 9.53. The van der Waals surface area contributed by atoms with Crippen LogP contribution in [0, 0.1) is 13.8 Å². The molecule has 4 rings (SSSR count). The molecular weight excluding hydrogens is 440 g/mol. The van der Waals surface area contributed by atoms with E-state index in [4.69, 9.17) is 9.47 Å². The van der Waals surface area contributed by atoms with Gasteiger partial charge in [-0.05, 0) is 51.3 Å². The van der Waals surface area contributed by atoms with E-state index >= 15 is 0 Å². The van der Waals surface area contributed by atoms with Gasteiger partial charge in [-0.25, -0.2) is 0 Å². The number of piperazine rings is 1. The van der Waals surface area contributed by atoms with Gasteiger partial charge in [-0.1, -0.05) is 12.1 Å². The molecule has 0 aromatic heterocycles. The average molecular weight is 475 g/mol. The normalized spacial score (nSPS) is 17.7. The summed E-state index contributed by atoms with van der Waals surface area (Å²) in [6.07, 6.45) is 1.15. The quantitative estimate of drug-likeness (QED) is 0.609. The van der Waals surface area contributed by atoms with Crippen LogP contribution < -0.4 is 14.4 Å². The Kier molecular flexibility index (Phi) is 7.80. The minimum absolute atomic E-state index is 0. The van der Waals surface area contributed by atoms with Crippen LogP contribution in [0.3, 0.4) is 0 Å². The van der Waals surface area contributed by atoms with E-state index in [9.17, 15) is 9.90 Å². The van der Waals surface area contributed by atoms with Crippen LogP contribution in [-0.2, 0) is 0 Å². The molecule has 2 heterocycles. The number of nitrogens with zero attached hydrogens (tertiary/aromatic N) is 2. The first-order valence-corrected chi connectivity index (χ1v) is 11.5. The fourth-order valence-corrected chi connectivity index (χ4v) is 4.60. The lowest BCUT2D eigenvalue weighted by Crippen LogP contribution is -2.47. The number of aryl methyl sites for hydroxylation is 1. The summed E-state index contributed by atoms with van der Waals surface area (Å²) in [5.41, 5.74) is 3.75. The molecule has 0 spiro atoms. The highest BCUT2D eigenvalue weighted by Crippen LogP contribution is 2.41. The Morgan fingerprint density at radius 3 is 2.58 bits per heavy atom. The molecule has 6 nitrogen and oxygen atoms in total. The first-order chi connectivity index (χ1) is 15.2. The predicted molar refractivity (Wildman–Crippen MR) is 134 cm³/mol. The number of fused-ring (bicyclic) bond motifs is 1. The predicted octanol–water partition coefficient (Wildman–Crippen LogP) is 4.77. The van der Waals surface area contributed by atoms with Gasteiger partial charge in [0.15, 0.2) is 5.78 Å². The van der Waals surface area contributed by atoms with Crippen molar-refractivity contribution in [2.45, 2.75) is 46.1 Å². The Balaban J connectivity index is 0.00000306. The zero-order valence-corrected chi connectivity index (χ0v) is 20.8. The molecule has 1 fully saturated rings. The first kappa shape index (κ1) is 25.2. The van der Waals surface area contributed by atoms with Crippen LogP contribution in [0.15, 0.2) is 30.3 Å². The van der Waals surface area contributed by atoms with Gasteiger partial charge >= 0.3 is 0 Å². The van der Waals surface area contributed by atoms with Crippen molar-refractivity contribution in [1.29, 1.82) is 0 Å². The first-order valence-electron chi connectivity index (χ1n) is 11.5. The van der Waals surface area contributed by atoms with Crippen LogP contribution in [0.4, 0.5) is 5.69 Å². The molecule has 0 amide bonds. The summed E-state index contributed by atoms with van der Waals surface area (Å²) in [4.78, 5) is 17.3. The van der Waals surface area contributed by atoms with E-state index in [2.05, 4.69) is 41.8 Å². The minimum Gasteiger partial charge on any atom is -0.507 e. The van der Waals surface area contributed by atoms with Gasteiger partial charge in [0, 0.05) is 50.5 Å². The number of aromatic hydroxyl groups is 1.